The van der Waals surface area contributed by atoms with E-state index in [9.17, 15) is 9.18 Å². The van der Waals surface area contributed by atoms with E-state index in [2.05, 4.69) is 21.2 Å². The van der Waals surface area contributed by atoms with Crippen molar-refractivity contribution in [2.45, 2.75) is 6.42 Å². The zero-order chi connectivity index (χ0) is 13.1. The van der Waals surface area contributed by atoms with Gasteiger partial charge in [0.2, 0.25) is 0 Å². The Hall–Kier alpha value is -0.940. The number of carbonyl (C=O) groups is 1. The molecule has 5 heteroatoms. The second kappa shape index (κ2) is 5.80. The summed E-state index contributed by atoms with van der Waals surface area (Å²) < 4.78 is 14.4. The minimum Gasteiger partial charge on any atom is -0.338 e. The third kappa shape index (κ3) is 2.90. The Balaban J connectivity index is 2.10. The molecule has 1 amide bonds. The molecular weight excluding hydrogens is 299 g/mol. The maximum atomic E-state index is 13.6. The Bertz CT molecular complexity index is 453. The molecule has 0 spiro atoms. The molecule has 1 N–H and O–H groups in total. The van der Waals surface area contributed by atoms with Gasteiger partial charge in [-0.25, -0.2) is 4.39 Å². The predicted molar refractivity (Wildman–Crippen MR) is 72.0 cm³/mol. The molecule has 0 bridgehead atoms. The molecule has 1 fully saturated rings. The van der Waals surface area contributed by atoms with Crippen molar-refractivity contribution in [1.29, 1.82) is 0 Å². The summed E-state index contributed by atoms with van der Waals surface area (Å²) >= 11 is 3.26. The van der Waals surface area contributed by atoms with Gasteiger partial charge in [0.15, 0.2) is 0 Å². The zero-order valence-corrected chi connectivity index (χ0v) is 11.8. The first kappa shape index (κ1) is 13.5. The van der Waals surface area contributed by atoms with Crippen LogP contribution in [0.25, 0.3) is 0 Å². The molecule has 0 aromatic heterocycles. The highest BCUT2D eigenvalue weighted by molar-refractivity contribution is 9.10. The number of hydrogen-bond acceptors (Lipinski definition) is 2. The smallest absolute Gasteiger partial charge is 0.256 e. The molecule has 3 nitrogen and oxygen atoms in total. The molecule has 2 rings (SSSR count). The van der Waals surface area contributed by atoms with E-state index in [-0.39, 0.29) is 11.5 Å². The van der Waals surface area contributed by atoms with E-state index in [0.29, 0.717) is 19.0 Å². The molecule has 1 unspecified atom stereocenters. The lowest BCUT2D eigenvalue weighted by Crippen LogP contribution is -2.30. The highest BCUT2D eigenvalue weighted by Gasteiger charge is 2.27. The van der Waals surface area contributed by atoms with Crippen LogP contribution < -0.4 is 5.32 Å². The molecule has 1 saturated heterocycles. The molecule has 1 atom stereocenters. The Morgan fingerprint density at radius 3 is 3.11 bits per heavy atom. The molecular formula is C13H16BrFN2O. The number of rotatable bonds is 3. The van der Waals surface area contributed by atoms with E-state index >= 15 is 0 Å². The molecule has 0 radical (unpaired) electrons. The molecule has 1 aliphatic rings. The van der Waals surface area contributed by atoms with Crippen LogP contribution in [0, 0.1) is 11.7 Å². The van der Waals surface area contributed by atoms with Gasteiger partial charge in [0.1, 0.15) is 5.82 Å². The molecule has 1 aliphatic heterocycles. The molecule has 1 aromatic rings. The summed E-state index contributed by atoms with van der Waals surface area (Å²) in [6, 6.07) is 4.46. The zero-order valence-electron chi connectivity index (χ0n) is 10.2. The quantitative estimate of drug-likeness (QED) is 0.928. The van der Waals surface area contributed by atoms with Crippen LogP contribution in [0.2, 0.25) is 0 Å². The summed E-state index contributed by atoms with van der Waals surface area (Å²) in [5, 5.41) is 3.11. The Morgan fingerprint density at radius 2 is 2.39 bits per heavy atom. The summed E-state index contributed by atoms with van der Waals surface area (Å²) in [7, 11) is 1.90. The van der Waals surface area contributed by atoms with Gasteiger partial charge in [-0.15, -0.1) is 0 Å². The molecule has 98 valence electrons. The fourth-order valence-electron chi connectivity index (χ4n) is 2.30. The van der Waals surface area contributed by atoms with E-state index in [1.165, 1.54) is 6.07 Å². The lowest BCUT2D eigenvalue weighted by Gasteiger charge is -2.17. The first-order valence-corrected chi connectivity index (χ1v) is 6.80. The Morgan fingerprint density at radius 1 is 1.61 bits per heavy atom. The van der Waals surface area contributed by atoms with Crippen LogP contribution in [0.1, 0.15) is 16.8 Å². The molecule has 1 aromatic carbocycles. The van der Waals surface area contributed by atoms with Crippen molar-refractivity contribution in [1.82, 2.24) is 10.2 Å². The van der Waals surface area contributed by atoms with Crippen molar-refractivity contribution in [3.8, 4) is 0 Å². The summed E-state index contributed by atoms with van der Waals surface area (Å²) in [5.74, 6) is -0.207. The second-order valence-electron chi connectivity index (χ2n) is 4.59. The Labute approximate surface area is 114 Å². The second-order valence-corrected chi connectivity index (χ2v) is 5.50. The van der Waals surface area contributed by atoms with Gasteiger partial charge < -0.3 is 10.2 Å². The van der Waals surface area contributed by atoms with Gasteiger partial charge in [-0.1, -0.05) is 15.9 Å². The van der Waals surface area contributed by atoms with Crippen molar-refractivity contribution >= 4 is 21.8 Å². The SMILES string of the molecule is CNCC1CCN(C(=O)c2cc(Br)ccc2F)C1. The number of carbonyl (C=O) groups excluding carboxylic acids is 1. The van der Waals surface area contributed by atoms with Crippen LogP contribution in [-0.4, -0.2) is 37.5 Å². The van der Waals surface area contributed by atoms with Crippen molar-refractivity contribution in [2.24, 2.45) is 5.92 Å². The van der Waals surface area contributed by atoms with Crippen molar-refractivity contribution in [3.05, 3.63) is 34.1 Å². The topological polar surface area (TPSA) is 32.3 Å². The first-order chi connectivity index (χ1) is 8.61. The first-order valence-electron chi connectivity index (χ1n) is 6.00. The van der Waals surface area contributed by atoms with Crippen molar-refractivity contribution in [3.63, 3.8) is 0 Å². The van der Waals surface area contributed by atoms with Gasteiger partial charge in [-0.3, -0.25) is 4.79 Å². The molecule has 0 saturated carbocycles. The standard InChI is InChI=1S/C13H16BrFN2O/c1-16-7-9-4-5-17(8-9)13(18)11-6-10(14)2-3-12(11)15/h2-3,6,9,16H,4-5,7-8H2,1H3. The van der Waals surface area contributed by atoms with Gasteiger partial charge in [-0.2, -0.15) is 0 Å². The van der Waals surface area contributed by atoms with Crippen molar-refractivity contribution in [2.75, 3.05) is 26.7 Å². The highest BCUT2D eigenvalue weighted by Crippen LogP contribution is 2.21. The maximum absolute atomic E-state index is 13.6. The summed E-state index contributed by atoms with van der Waals surface area (Å²) in [6.07, 6.45) is 0.974. The number of amides is 1. The lowest BCUT2D eigenvalue weighted by molar-refractivity contribution is 0.0782. The summed E-state index contributed by atoms with van der Waals surface area (Å²) in [4.78, 5) is 13.9. The van der Waals surface area contributed by atoms with E-state index in [0.717, 1.165) is 17.4 Å². The summed E-state index contributed by atoms with van der Waals surface area (Å²) in [6.45, 7) is 2.30. The molecule has 18 heavy (non-hydrogen) atoms. The minimum absolute atomic E-state index is 0.148. The normalized spacial score (nSPS) is 19.3. The number of nitrogens with zero attached hydrogens (tertiary/aromatic N) is 1. The number of hydrogen-bond donors (Lipinski definition) is 1. The molecule has 1 heterocycles. The number of likely N-dealkylation sites (tertiary alicyclic amines) is 1. The number of nitrogens with one attached hydrogen (secondary N) is 1. The predicted octanol–water partition coefficient (Wildman–Crippen LogP) is 2.27. The maximum Gasteiger partial charge on any atom is 0.256 e. The summed E-state index contributed by atoms with van der Waals surface area (Å²) in [5.41, 5.74) is 0.148. The van der Waals surface area contributed by atoms with E-state index in [4.69, 9.17) is 0 Å². The van der Waals surface area contributed by atoms with Crippen LogP contribution in [0.5, 0.6) is 0 Å². The van der Waals surface area contributed by atoms with Crippen LogP contribution in [0.15, 0.2) is 22.7 Å². The largest absolute Gasteiger partial charge is 0.338 e. The van der Waals surface area contributed by atoms with Gasteiger partial charge in [0.25, 0.3) is 5.91 Å². The number of benzene rings is 1. The van der Waals surface area contributed by atoms with Gasteiger partial charge >= 0.3 is 0 Å². The monoisotopic (exact) mass is 314 g/mol. The molecule has 0 aliphatic carbocycles. The fraction of sp³-hybridized carbons (Fsp3) is 0.462. The van der Waals surface area contributed by atoms with Crippen LogP contribution in [-0.2, 0) is 0 Å². The average molecular weight is 315 g/mol. The lowest BCUT2D eigenvalue weighted by atomic mass is 10.1. The fourth-order valence-corrected chi connectivity index (χ4v) is 2.67. The van der Waals surface area contributed by atoms with E-state index in [1.54, 1.807) is 17.0 Å². The van der Waals surface area contributed by atoms with E-state index < -0.39 is 5.82 Å². The van der Waals surface area contributed by atoms with Crippen molar-refractivity contribution < 1.29 is 9.18 Å². The van der Waals surface area contributed by atoms with E-state index in [1.807, 2.05) is 7.05 Å². The van der Waals surface area contributed by atoms with Gasteiger partial charge in [0.05, 0.1) is 5.56 Å². The minimum atomic E-state index is -0.458. The average Bonchev–Trinajstić information content (AvgIpc) is 2.80. The highest BCUT2D eigenvalue weighted by atomic mass is 79.9. The number of halogens is 2. The van der Waals surface area contributed by atoms with Gasteiger partial charge in [0, 0.05) is 17.6 Å². The van der Waals surface area contributed by atoms with Crippen LogP contribution >= 0.6 is 15.9 Å². The third-order valence-corrected chi connectivity index (χ3v) is 3.72. The van der Waals surface area contributed by atoms with Crippen LogP contribution in [0.4, 0.5) is 4.39 Å². The van der Waals surface area contributed by atoms with Gasteiger partial charge in [-0.05, 0) is 44.1 Å². The third-order valence-electron chi connectivity index (χ3n) is 3.22. The Kier molecular flexibility index (Phi) is 4.35. The van der Waals surface area contributed by atoms with Crippen LogP contribution in [0.3, 0.4) is 0 Å².